The van der Waals surface area contributed by atoms with Crippen molar-refractivity contribution >= 4 is 55.1 Å². The van der Waals surface area contributed by atoms with Gasteiger partial charge >= 0.3 is 0 Å². The van der Waals surface area contributed by atoms with Crippen LogP contribution >= 0.6 is 27.5 Å². The summed E-state index contributed by atoms with van der Waals surface area (Å²) in [4.78, 5) is 27.7. The highest BCUT2D eigenvalue weighted by atomic mass is 79.9. The summed E-state index contributed by atoms with van der Waals surface area (Å²) in [6, 6.07) is 11.3. The zero-order chi connectivity index (χ0) is 25.5. The molecule has 186 valence electrons. The Morgan fingerprint density at radius 3 is 2.44 bits per heavy atom. The Balaban J connectivity index is 2.38. The Labute approximate surface area is 215 Å². The molecule has 0 heterocycles. The molecule has 34 heavy (non-hydrogen) atoms. The van der Waals surface area contributed by atoms with Gasteiger partial charge in [-0.05, 0) is 55.7 Å². The van der Waals surface area contributed by atoms with Gasteiger partial charge in [-0.25, -0.2) is 8.42 Å². The van der Waals surface area contributed by atoms with E-state index >= 15 is 0 Å². The van der Waals surface area contributed by atoms with E-state index in [2.05, 4.69) is 21.2 Å². The lowest BCUT2D eigenvalue weighted by Gasteiger charge is -2.31. The smallest absolute Gasteiger partial charge is 0.244 e. The summed E-state index contributed by atoms with van der Waals surface area (Å²) in [5.74, 6) is -0.816. The molecule has 1 N–H and O–H groups in total. The molecule has 0 saturated heterocycles. The van der Waals surface area contributed by atoms with E-state index in [1.54, 1.807) is 49.4 Å². The molecule has 2 aromatic rings. The molecule has 0 aromatic heterocycles. The number of rotatable bonds is 11. The van der Waals surface area contributed by atoms with E-state index in [-0.39, 0.29) is 12.5 Å². The van der Waals surface area contributed by atoms with Crippen LogP contribution in [0.2, 0.25) is 5.02 Å². The molecule has 0 unspecified atom stereocenters. The lowest BCUT2D eigenvalue weighted by Crippen LogP contribution is -2.51. The molecule has 0 spiro atoms. The average molecular weight is 573 g/mol. The number of carbonyl (C=O) groups excluding carboxylic acids is 2. The van der Waals surface area contributed by atoms with Gasteiger partial charge in [-0.2, -0.15) is 0 Å². The van der Waals surface area contributed by atoms with Crippen molar-refractivity contribution in [3.05, 3.63) is 63.1 Å². The highest BCUT2D eigenvalue weighted by molar-refractivity contribution is 9.10. The number of unbranched alkanes of at least 4 members (excludes halogenated alkanes) is 1. The van der Waals surface area contributed by atoms with Gasteiger partial charge in [0.25, 0.3) is 0 Å². The van der Waals surface area contributed by atoms with E-state index in [0.29, 0.717) is 22.8 Å². The van der Waals surface area contributed by atoms with Gasteiger partial charge in [0.15, 0.2) is 0 Å². The standard InChI is InChI=1S/C24H31BrClN3O4S/c1-5-6-13-27-24(31)18(3)28(15-19-9-7-8-10-22(19)26)23(30)16-29(34(4,32)33)20-11-12-21(25)17(2)14-20/h7-12,14,18H,5-6,13,15-16H2,1-4H3,(H,27,31)/t18-/m1/s1. The van der Waals surface area contributed by atoms with Gasteiger partial charge in [0.1, 0.15) is 12.6 Å². The number of aryl methyl sites for hydroxylation is 1. The molecular weight excluding hydrogens is 542 g/mol. The zero-order valence-electron chi connectivity index (χ0n) is 19.8. The highest BCUT2D eigenvalue weighted by Crippen LogP contribution is 2.25. The van der Waals surface area contributed by atoms with Crippen molar-refractivity contribution in [2.75, 3.05) is 23.7 Å². The number of halogens is 2. The number of carbonyl (C=O) groups is 2. The predicted molar refractivity (Wildman–Crippen MR) is 140 cm³/mol. The van der Waals surface area contributed by atoms with Crippen LogP contribution in [-0.4, -0.2) is 50.5 Å². The number of hydrogen-bond acceptors (Lipinski definition) is 4. The molecular formula is C24H31BrClN3O4S. The lowest BCUT2D eigenvalue weighted by atomic mass is 10.1. The van der Waals surface area contributed by atoms with E-state index in [9.17, 15) is 18.0 Å². The molecule has 2 amide bonds. The van der Waals surface area contributed by atoms with Crippen LogP contribution in [0.3, 0.4) is 0 Å². The summed E-state index contributed by atoms with van der Waals surface area (Å²) in [5.41, 5.74) is 1.86. The third-order valence-electron chi connectivity index (χ3n) is 5.40. The molecule has 10 heteroatoms. The largest absolute Gasteiger partial charge is 0.354 e. The lowest BCUT2D eigenvalue weighted by molar-refractivity contribution is -0.139. The van der Waals surface area contributed by atoms with Gasteiger partial charge in [-0.1, -0.05) is 59.1 Å². The number of nitrogens with zero attached hydrogens (tertiary/aromatic N) is 2. The maximum atomic E-state index is 13.5. The minimum atomic E-state index is -3.78. The Morgan fingerprint density at radius 1 is 1.18 bits per heavy atom. The van der Waals surface area contributed by atoms with Crippen LogP contribution in [0.25, 0.3) is 0 Å². The van der Waals surface area contributed by atoms with Crippen LogP contribution in [-0.2, 0) is 26.2 Å². The van der Waals surface area contributed by atoms with Crippen LogP contribution in [0.5, 0.6) is 0 Å². The van der Waals surface area contributed by atoms with E-state index < -0.39 is 28.5 Å². The molecule has 1 atom stereocenters. The first kappa shape index (κ1) is 28.1. The molecule has 2 rings (SSSR count). The number of hydrogen-bond donors (Lipinski definition) is 1. The van der Waals surface area contributed by atoms with Crippen molar-refractivity contribution in [3.8, 4) is 0 Å². The Bertz CT molecular complexity index is 1130. The van der Waals surface area contributed by atoms with E-state index in [1.807, 2.05) is 13.8 Å². The van der Waals surface area contributed by atoms with Gasteiger partial charge in [-0.15, -0.1) is 0 Å². The second-order valence-electron chi connectivity index (χ2n) is 8.14. The fourth-order valence-electron chi connectivity index (χ4n) is 3.33. The van der Waals surface area contributed by atoms with E-state index in [4.69, 9.17) is 11.6 Å². The normalized spacial score (nSPS) is 12.2. The fraction of sp³-hybridized carbons (Fsp3) is 0.417. The molecule has 0 radical (unpaired) electrons. The number of nitrogens with one attached hydrogen (secondary N) is 1. The maximum Gasteiger partial charge on any atom is 0.244 e. The van der Waals surface area contributed by atoms with Gasteiger partial charge in [0, 0.05) is 22.6 Å². The molecule has 0 aliphatic carbocycles. The zero-order valence-corrected chi connectivity index (χ0v) is 23.0. The molecule has 7 nitrogen and oxygen atoms in total. The van der Waals surface area contributed by atoms with Crippen molar-refractivity contribution < 1.29 is 18.0 Å². The number of anilines is 1. The van der Waals surface area contributed by atoms with Crippen LogP contribution in [0.1, 0.15) is 37.8 Å². The first-order valence-electron chi connectivity index (χ1n) is 11.0. The number of amides is 2. The molecule has 0 saturated carbocycles. The number of benzene rings is 2. The summed E-state index contributed by atoms with van der Waals surface area (Å²) >= 11 is 9.72. The minimum absolute atomic E-state index is 0.0673. The van der Waals surface area contributed by atoms with Gasteiger partial charge < -0.3 is 10.2 Å². The average Bonchev–Trinajstić information content (AvgIpc) is 2.77. The SMILES string of the molecule is CCCCNC(=O)[C@@H](C)N(Cc1ccccc1Cl)C(=O)CN(c1ccc(Br)c(C)c1)S(C)(=O)=O. The minimum Gasteiger partial charge on any atom is -0.354 e. The Morgan fingerprint density at radius 2 is 1.85 bits per heavy atom. The number of sulfonamides is 1. The summed E-state index contributed by atoms with van der Waals surface area (Å²) < 4.78 is 27.1. The Kier molecular flexibility index (Phi) is 10.4. The van der Waals surface area contributed by atoms with Crippen LogP contribution < -0.4 is 9.62 Å². The van der Waals surface area contributed by atoms with Gasteiger partial charge in [0.2, 0.25) is 21.8 Å². The summed E-state index contributed by atoms with van der Waals surface area (Å²) in [5, 5.41) is 3.31. The predicted octanol–water partition coefficient (Wildman–Crippen LogP) is 4.51. The second-order valence-corrected chi connectivity index (χ2v) is 11.3. The molecule has 2 aromatic carbocycles. The molecule has 0 aliphatic rings. The second kappa shape index (κ2) is 12.6. The summed E-state index contributed by atoms with van der Waals surface area (Å²) in [7, 11) is -3.78. The first-order chi connectivity index (χ1) is 16.0. The van der Waals surface area contributed by atoms with Crippen LogP contribution in [0, 0.1) is 6.92 Å². The summed E-state index contributed by atoms with van der Waals surface area (Å²) in [6.07, 6.45) is 2.80. The summed E-state index contributed by atoms with van der Waals surface area (Å²) in [6.45, 7) is 5.61. The fourth-order valence-corrected chi connectivity index (χ4v) is 4.61. The van der Waals surface area contributed by atoms with Crippen LogP contribution in [0.15, 0.2) is 46.9 Å². The maximum absolute atomic E-state index is 13.5. The first-order valence-corrected chi connectivity index (χ1v) is 14.0. The van der Waals surface area contributed by atoms with Crippen molar-refractivity contribution in [2.24, 2.45) is 0 Å². The van der Waals surface area contributed by atoms with Crippen molar-refractivity contribution in [3.63, 3.8) is 0 Å². The molecule has 0 aliphatic heterocycles. The monoisotopic (exact) mass is 571 g/mol. The molecule has 0 bridgehead atoms. The third-order valence-corrected chi connectivity index (χ3v) is 7.80. The van der Waals surface area contributed by atoms with Gasteiger partial charge in [-0.3, -0.25) is 13.9 Å². The van der Waals surface area contributed by atoms with Crippen LogP contribution in [0.4, 0.5) is 5.69 Å². The van der Waals surface area contributed by atoms with E-state index in [1.165, 1.54) is 4.90 Å². The van der Waals surface area contributed by atoms with Crippen molar-refractivity contribution in [2.45, 2.75) is 46.2 Å². The highest BCUT2D eigenvalue weighted by Gasteiger charge is 2.30. The molecule has 0 fully saturated rings. The van der Waals surface area contributed by atoms with E-state index in [0.717, 1.165) is 33.4 Å². The van der Waals surface area contributed by atoms with Gasteiger partial charge in [0.05, 0.1) is 11.9 Å². The quantitative estimate of drug-likeness (QED) is 0.402. The third kappa shape index (κ3) is 7.71. The Hall–Kier alpha value is -2.10. The van der Waals surface area contributed by atoms with Crippen molar-refractivity contribution in [1.82, 2.24) is 10.2 Å². The van der Waals surface area contributed by atoms with Crippen molar-refractivity contribution in [1.29, 1.82) is 0 Å². The topological polar surface area (TPSA) is 86.8 Å².